The van der Waals surface area contributed by atoms with Gasteiger partial charge in [0.2, 0.25) is 5.91 Å². The summed E-state index contributed by atoms with van der Waals surface area (Å²) in [5, 5.41) is 6.36. The number of aryl methyl sites for hydroxylation is 1. The Morgan fingerprint density at radius 1 is 1.10 bits per heavy atom. The molecule has 1 fully saturated rings. The summed E-state index contributed by atoms with van der Waals surface area (Å²) in [6, 6.07) is 14.9. The third kappa shape index (κ3) is 4.68. The number of carbonyl (C=O) groups excluding carboxylic acids is 2. The molecule has 1 aromatic heterocycles. The van der Waals surface area contributed by atoms with Gasteiger partial charge < -0.3 is 10.1 Å². The molecule has 154 valence electrons. The molecule has 0 unspecified atom stereocenters. The molecule has 1 heterocycles. The first kappa shape index (κ1) is 20.1. The lowest BCUT2D eigenvalue weighted by Crippen LogP contribution is -2.24. The van der Waals surface area contributed by atoms with Crippen molar-refractivity contribution in [2.24, 2.45) is 5.92 Å². The number of thiazole rings is 1. The zero-order valence-electron chi connectivity index (χ0n) is 16.9. The van der Waals surface area contributed by atoms with Gasteiger partial charge >= 0.3 is 0 Å². The Balaban J connectivity index is 1.39. The number of methoxy groups -OCH3 is 1. The molecule has 0 spiro atoms. The molecule has 0 aliphatic heterocycles. The van der Waals surface area contributed by atoms with Crippen molar-refractivity contribution in [3.63, 3.8) is 0 Å². The van der Waals surface area contributed by atoms with Gasteiger partial charge in [0, 0.05) is 28.5 Å². The van der Waals surface area contributed by atoms with E-state index in [0.717, 1.165) is 40.3 Å². The monoisotopic (exact) mass is 421 g/mol. The number of hydrogen-bond donors (Lipinski definition) is 2. The molecule has 0 saturated heterocycles. The van der Waals surface area contributed by atoms with Gasteiger partial charge in [-0.25, -0.2) is 4.98 Å². The number of rotatable bonds is 7. The van der Waals surface area contributed by atoms with Crippen LogP contribution in [0.1, 0.15) is 33.6 Å². The molecule has 2 amide bonds. The number of benzene rings is 2. The van der Waals surface area contributed by atoms with Crippen LogP contribution in [-0.4, -0.2) is 23.9 Å². The highest BCUT2D eigenvalue weighted by atomic mass is 32.1. The third-order valence-corrected chi connectivity index (χ3v) is 5.90. The number of hydrogen-bond acceptors (Lipinski definition) is 5. The molecular formula is C23H23N3O3S. The summed E-state index contributed by atoms with van der Waals surface area (Å²) in [4.78, 5) is 29.9. The van der Waals surface area contributed by atoms with E-state index in [0.29, 0.717) is 17.2 Å². The molecule has 0 radical (unpaired) electrons. The van der Waals surface area contributed by atoms with E-state index in [-0.39, 0.29) is 17.7 Å². The van der Waals surface area contributed by atoms with E-state index >= 15 is 0 Å². The lowest BCUT2D eigenvalue weighted by Gasteiger charge is -2.06. The summed E-state index contributed by atoms with van der Waals surface area (Å²) in [5.74, 6) is 0.887. The van der Waals surface area contributed by atoms with Crippen LogP contribution in [0.5, 0.6) is 5.75 Å². The van der Waals surface area contributed by atoms with Crippen LogP contribution in [0.2, 0.25) is 0 Å². The summed E-state index contributed by atoms with van der Waals surface area (Å²) in [7, 11) is 1.63. The highest BCUT2D eigenvalue weighted by molar-refractivity contribution is 7.16. The Labute approximate surface area is 179 Å². The normalized spacial score (nSPS) is 13.0. The summed E-state index contributed by atoms with van der Waals surface area (Å²) in [6.07, 6.45) is 1.97. The fraction of sp³-hybridized carbons (Fsp3) is 0.261. The van der Waals surface area contributed by atoms with Gasteiger partial charge in [-0.1, -0.05) is 12.1 Å². The van der Waals surface area contributed by atoms with Crippen molar-refractivity contribution in [3.05, 3.63) is 64.5 Å². The fourth-order valence-corrected chi connectivity index (χ4v) is 3.92. The Bertz CT molecular complexity index is 1050. The Morgan fingerprint density at radius 2 is 1.80 bits per heavy atom. The summed E-state index contributed by atoms with van der Waals surface area (Å²) in [6.45, 7) is 2.46. The quantitative estimate of drug-likeness (QED) is 0.592. The van der Waals surface area contributed by atoms with Crippen molar-refractivity contribution in [3.8, 4) is 17.0 Å². The molecule has 1 saturated carbocycles. The minimum Gasteiger partial charge on any atom is -0.497 e. The number of nitrogens with zero attached hydrogens (tertiary/aromatic N) is 1. The predicted octanol–water partition coefficient (Wildman–Crippen LogP) is 4.41. The SMILES string of the molecule is COc1ccc(-c2nc(NC(=O)c3ccc(CNC(=O)C4CC4)cc3)sc2C)cc1. The van der Waals surface area contributed by atoms with E-state index in [4.69, 9.17) is 4.74 Å². The fourth-order valence-electron chi connectivity index (χ4n) is 3.09. The zero-order chi connectivity index (χ0) is 21.1. The van der Waals surface area contributed by atoms with Gasteiger partial charge in [-0.15, -0.1) is 11.3 Å². The summed E-state index contributed by atoms with van der Waals surface area (Å²) in [5.41, 5.74) is 3.33. The average molecular weight is 422 g/mol. The summed E-state index contributed by atoms with van der Waals surface area (Å²) >= 11 is 1.44. The van der Waals surface area contributed by atoms with Crippen LogP contribution in [0.25, 0.3) is 11.3 Å². The molecule has 2 aromatic carbocycles. The third-order valence-electron chi connectivity index (χ3n) is 5.01. The van der Waals surface area contributed by atoms with Gasteiger partial charge in [0.1, 0.15) is 5.75 Å². The number of nitrogens with one attached hydrogen (secondary N) is 2. The van der Waals surface area contributed by atoms with E-state index in [2.05, 4.69) is 15.6 Å². The smallest absolute Gasteiger partial charge is 0.257 e. The van der Waals surface area contributed by atoms with Gasteiger partial charge in [0.05, 0.1) is 12.8 Å². The van der Waals surface area contributed by atoms with Crippen LogP contribution in [0.3, 0.4) is 0 Å². The van der Waals surface area contributed by atoms with Crippen LogP contribution < -0.4 is 15.4 Å². The van der Waals surface area contributed by atoms with Crippen molar-refractivity contribution < 1.29 is 14.3 Å². The molecule has 1 aliphatic rings. The van der Waals surface area contributed by atoms with Crippen molar-refractivity contribution in [1.82, 2.24) is 10.3 Å². The minimum atomic E-state index is -0.210. The molecule has 30 heavy (non-hydrogen) atoms. The Kier molecular flexibility index (Phi) is 5.81. The summed E-state index contributed by atoms with van der Waals surface area (Å²) < 4.78 is 5.20. The maximum atomic E-state index is 12.6. The largest absolute Gasteiger partial charge is 0.497 e. The maximum Gasteiger partial charge on any atom is 0.257 e. The lowest BCUT2D eigenvalue weighted by molar-refractivity contribution is -0.122. The van der Waals surface area contributed by atoms with Crippen LogP contribution in [0, 0.1) is 12.8 Å². The molecule has 7 heteroatoms. The highest BCUT2D eigenvalue weighted by Crippen LogP contribution is 2.31. The molecule has 6 nitrogen and oxygen atoms in total. The second-order valence-corrected chi connectivity index (χ2v) is 8.50. The predicted molar refractivity (Wildman–Crippen MR) is 118 cm³/mol. The molecule has 0 atom stereocenters. The van der Waals surface area contributed by atoms with Gasteiger partial charge in [-0.05, 0) is 61.7 Å². The van der Waals surface area contributed by atoms with E-state index in [1.165, 1.54) is 11.3 Å². The van der Waals surface area contributed by atoms with E-state index < -0.39 is 0 Å². The Hall–Kier alpha value is -3.19. The van der Waals surface area contributed by atoms with Crippen LogP contribution in [0.15, 0.2) is 48.5 Å². The minimum absolute atomic E-state index is 0.114. The second-order valence-electron chi connectivity index (χ2n) is 7.30. The van der Waals surface area contributed by atoms with Crippen LogP contribution >= 0.6 is 11.3 Å². The van der Waals surface area contributed by atoms with Crippen LogP contribution in [-0.2, 0) is 11.3 Å². The van der Waals surface area contributed by atoms with E-state index in [1.807, 2.05) is 43.3 Å². The molecular weight excluding hydrogens is 398 g/mol. The second kappa shape index (κ2) is 8.67. The number of carbonyl (C=O) groups is 2. The molecule has 1 aliphatic carbocycles. The average Bonchev–Trinajstić information content (AvgIpc) is 3.56. The Morgan fingerprint density at radius 3 is 2.43 bits per heavy atom. The molecule has 0 bridgehead atoms. The molecule has 4 rings (SSSR count). The number of amides is 2. The first-order chi connectivity index (χ1) is 14.5. The van der Waals surface area contributed by atoms with Crippen molar-refractivity contribution in [1.29, 1.82) is 0 Å². The zero-order valence-corrected chi connectivity index (χ0v) is 17.7. The van der Waals surface area contributed by atoms with Crippen LogP contribution in [0.4, 0.5) is 5.13 Å². The first-order valence-electron chi connectivity index (χ1n) is 9.83. The van der Waals surface area contributed by atoms with E-state index in [9.17, 15) is 9.59 Å². The highest BCUT2D eigenvalue weighted by Gasteiger charge is 2.29. The topological polar surface area (TPSA) is 80.3 Å². The van der Waals surface area contributed by atoms with E-state index in [1.54, 1.807) is 19.2 Å². The van der Waals surface area contributed by atoms with Gasteiger partial charge in [0.25, 0.3) is 5.91 Å². The lowest BCUT2D eigenvalue weighted by atomic mass is 10.1. The number of anilines is 1. The number of ether oxygens (including phenoxy) is 1. The standard InChI is InChI=1S/C23H23N3O3S/c1-14-20(16-9-11-19(29-2)12-10-16)25-23(30-14)26-22(28)18-5-3-15(4-6-18)13-24-21(27)17-7-8-17/h3-6,9-12,17H,7-8,13H2,1-2H3,(H,24,27)(H,25,26,28). The van der Waals surface area contributed by atoms with Crippen molar-refractivity contribution in [2.45, 2.75) is 26.3 Å². The number of aromatic nitrogens is 1. The van der Waals surface area contributed by atoms with Gasteiger partial charge in [-0.2, -0.15) is 0 Å². The van der Waals surface area contributed by atoms with Crippen molar-refractivity contribution in [2.75, 3.05) is 12.4 Å². The maximum absolute atomic E-state index is 12.6. The van der Waals surface area contributed by atoms with Gasteiger partial charge in [0.15, 0.2) is 5.13 Å². The van der Waals surface area contributed by atoms with Gasteiger partial charge in [-0.3, -0.25) is 14.9 Å². The van der Waals surface area contributed by atoms with Crippen molar-refractivity contribution >= 4 is 28.3 Å². The molecule has 3 aromatic rings. The first-order valence-corrected chi connectivity index (χ1v) is 10.6. The molecule has 2 N–H and O–H groups in total.